The molecule has 8 amide bonds. The minimum absolute atomic E-state index is 0.0740. The standard InChI is InChI=1S/2C27H27N7O2S.2C21H26N8O2S/c2*35-24(16-18-6-2-1-3-7-18)29-23-12-11-22(31-32-23)15-19-9-10-20(14-19)26-33-34-27(37-26)30-25(36)17-21-8-4-5-13-28-21;2*1-3-18(30)22-17-7-6-15(24-25-17)11-13-4-5-14(10-13)20-26-27-21(32-20)23-19(31)12-16-8-9-29(2)28-16/h2*1-8,11-13,19-20H,9-10,14-17H2,(H,29,32,35)(H,30,34,36);2*6-9,13-14H,3-5,10-12H2,1-2H3,(H,22,25,30)(H,23,27,31)/t2*19-,20+;2*13-,14+/m1010/s1. The van der Waals surface area contributed by atoms with Gasteiger partial charge in [0.1, 0.15) is 20.0 Å². The minimum atomic E-state index is -0.149. The summed E-state index contributed by atoms with van der Waals surface area (Å²) in [5.74, 6) is 4.20. The van der Waals surface area contributed by atoms with E-state index in [0.717, 1.165) is 168 Å². The second-order valence-corrected chi connectivity index (χ2v) is 38.5. The highest BCUT2D eigenvalue weighted by Crippen LogP contribution is 2.45. The van der Waals surface area contributed by atoms with Crippen LogP contribution in [0.25, 0.3) is 0 Å². The van der Waals surface area contributed by atoms with Crippen LogP contribution in [0.4, 0.5) is 43.8 Å². The first-order chi connectivity index (χ1) is 67.2. The first-order valence-electron chi connectivity index (χ1n) is 46.0. The molecule has 4 aliphatic rings. The quantitative estimate of drug-likeness (QED) is 0.0186. The van der Waals surface area contributed by atoms with Gasteiger partial charge in [-0.2, -0.15) is 30.6 Å². The molecule has 4 fully saturated rings. The van der Waals surface area contributed by atoms with Crippen molar-refractivity contribution in [2.24, 2.45) is 37.8 Å². The van der Waals surface area contributed by atoms with Gasteiger partial charge in [0.05, 0.1) is 72.7 Å². The van der Waals surface area contributed by atoms with Gasteiger partial charge in [-0.3, -0.25) is 57.7 Å². The number of hydrogen-bond acceptors (Lipinski definition) is 32. The summed E-state index contributed by atoms with van der Waals surface area (Å²) in [5, 5.41) is 104. The van der Waals surface area contributed by atoms with Gasteiger partial charge in [-0.1, -0.05) is 132 Å². The van der Waals surface area contributed by atoms with Crippen LogP contribution in [0.15, 0.2) is 183 Å². The average Bonchev–Trinajstić information content (AvgIpc) is 1.70. The number of pyridine rings is 2. The third-order valence-corrected chi connectivity index (χ3v) is 27.7. The molecule has 4 aliphatic carbocycles. The molecule has 12 aromatic heterocycles. The van der Waals surface area contributed by atoms with Crippen molar-refractivity contribution in [2.45, 2.75) is 192 Å². The Balaban J connectivity index is 0.000000140. The molecular weight excluding hydrogens is 1830 g/mol. The van der Waals surface area contributed by atoms with Gasteiger partial charge in [0.15, 0.2) is 23.3 Å². The molecule has 12 heterocycles. The Morgan fingerprint density at radius 2 is 0.551 bits per heavy atom. The summed E-state index contributed by atoms with van der Waals surface area (Å²) in [6.45, 7) is 3.59. The number of carbonyl (C=O) groups is 8. The number of nitrogens with zero attached hydrogens (tertiary/aromatic N) is 22. The summed E-state index contributed by atoms with van der Waals surface area (Å²) in [5.41, 5.74) is 8.44. The topological polar surface area (TPSA) is 500 Å². The maximum absolute atomic E-state index is 12.3. The van der Waals surface area contributed by atoms with Crippen LogP contribution < -0.4 is 42.5 Å². The Morgan fingerprint density at radius 1 is 0.275 bits per heavy atom. The highest BCUT2D eigenvalue weighted by atomic mass is 32.1. The number of hydrogen-bond donors (Lipinski definition) is 8. The van der Waals surface area contributed by atoms with E-state index in [1.165, 1.54) is 45.3 Å². The van der Waals surface area contributed by atoms with Gasteiger partial charge in [0, 0.05) is 86.8 Å². The molecule has 0 saturated heterocycles. The number of aryl methyl sites for hydroxylation is 2. The molecule has 0 aliphatic heterocycles. The van der Waals surface area contributed by atoms with Crippen molar-refractivity contribution < 1.29 is 38.4 Å². The Bertz CT molecular complexity index is 5950. The summed E-state index contributed by atoms with van der Waals surface area (Å²) >= 11 is 5.77. The van der Waals surface area contributed by atoms with E-state index in [1.807, 2.05) is 172 Å². The van der Waals surface area contributed by atoms with Crippen LogP contribution in [0.1, 0.15) is 204 Å². The van der Waals surface area contributed by atoms with Crippen LogP contribution >= 0.6 is 45.3 Å². The molecule has 0 spiro atoms. The van der Waals surface area contributed by atoms with Gasteiger partial charge in [-0.05, 0) is 222 Å². The maximum Gasteiger partial charge on any atom is 0.232 e. The zero-order chi connectivity index (χ0) is 95.9. The van der Waals surface area contributed by atoms with E-state index in [-0.39, 0.29) is 72.9 Å². The third-order valence-electron chi connectivity index (χ3n) is 23.7. The monoisotopic (exact) mass is 1930 g/mol. The van der Waals surface area contributed by atoms with Crippen molar-refractivity contribution in [2.75, 3.05) is 42.5 Å². The Morgan fingerprint density at radius 3 is 0.804 bits per heavy atom. The highest BCUT2D eigenvalue weighted by Gasteiger charge is 2.34. The second-order valence-electron chi connectivity index (χ2n) is 34.5. The molecule has 0 unspecified atom stereocenters. The molecule has 8 N–H and O–H groups in total. The van der Waals surface area contributed by atoms with Gasteiger partial charge in [0.25, 0.3) is 0 Å². The van der Waals surface area contributed by atoms with Crippen LogP contribution in [-0.4, -0.2) is 158 Å². The number of anilines is 8. The van der Waals surface area contributed by atoms with Crippen LogP contribution in [0.5, 0.6) is 0 Å². The van der Waals surface area contributed by atoms with E-state index in [0.29, 0.717) is 128 Å². The molecule has 2 aromatic carbocycles. The van der Waals surface area contributed by atoms with Crippen LogP contribution in [0.2, 0.25) is 0 Å². The molecule has 4 saturated carbocycles. The fourth-order valence-electron chi connectivity index (χ4n) is 16.9. The molecule has 14 aromatic rings. The van der Waals surface area contributed by atoms with Crippen LogP contribution in [0, 0.1) is 23.7 Å². The smallest absolute Gasteiger partial charge is 0.232 e. The van der Waals surface area contributed by atoms with Crippen molar-refractivity contribution in [1.29, 1.82) is 0 Å². The third kappa shape index (κ3) is 30.7. The number of aromatic nitrogens is 22. The predicted molar refractivity (Wildman–Crippen MR) is 523 cm³/mol. The molecule has 138 heavy (non-hydrogen) atoms. The largest absolute Gasteiger partial charge is 0.309 e. The average molecular weight is 1940 g/mol. The summed E-state index contributed by atoms with van der Waals surface area (Å²) in [6.07, 6.45) is 25.0. The van der Waals surface area contributed by atoms with Gasteiger partial charge < -0.3 is 42.5 Å². The molecule has 42 heteroatoms. The van der Waals surface area contributed by atoms with E-state index >= 15 is 0 Å². The van der Waals surface area contributed by atoms with Crippen molar-refractivity contribution in [1.82, 2.24) is 111 Å². The van der Waals surface area contributed by atoms with Crippen molar-refractivity contribution in [3.05, 3.63) is 259 Å². The summed E-state index contributed by atoms with van der Waals surface area (Å²) in [6, 6.07) is 48.8. The van der Waals surface area contributed by atoms with Gasteiger partial charge in [0.2, 0.25) is 67.8 Å². The minimum Gasteiger partial charge on any atom is -0.309 e. The molecule has 18 rings (SSSR count). The molecule has 38 nitrogen and oxygen atoms in total. The lowest BCUT2D eigenvalue weighted by Gasteiger charge is -2.09. The van der Waals surface area contributed by atoms with Gasteiger partial charge in [-0.25, -0.2) is 0 Å². The first kappa shape index (κ1) is 98.0. The molecule has 712 valence electrons. The van der Waals surface area contributed by atoms with E-state index < -0.39 is 0 Å². The lowest BCUT2D eigenvalue weighted by atomic mass is 10.00. The zero-order valence-electron chi connectivity index (χ0n) is 76.6. The number of rotatable bonds is 34. The summed E-state index contributed by atoms with van der Waals surface area (Å²) in [7, 11) is 3.64. The van der Waals surface area contributed by atoms with Crippen LogP contribution in [0.3, 0.4) is 0 Å². The molecule has 0 radical (unpaired) electrons. The van der Waals surface area contributed by atoms with Crippen LogP contribution in [-0.2, 0) is 117 Å². The number of amides is 8. The Hall–Kier alpha value is -14.5. The first-order valence-corrected chi connectivity index (χ1v) is 49.3. The summed E-state index contributed by atoms with van der Waals surface area (Å²) in [4.78, 5) is 105. The fraction of sp³-hybridized carbons (Fsp3) is 0.375. The molecule has 8 atom stereocenters. The fourth-order valence-corrected chi connectivity index (χ4v) is 20.5. The van der Waals surface area contributed by atoms with E-state index in [9.17, 15) is 38.4 Å². The van der Waals surface area contributed by atoms with Crippen molar-refractivity contribution in [3.63, 3.8) is 0 Å². The highest BCUT2D eigenvalue weighted by molar-refractivity contribution is 7.16. The summed E-state index contributed by atoms with van der Waals surface area (Å²) < 4.78 is 3.35. The normalized spacial score (nSPS) is 17.4. The SMILES string of the molecule is CCC(=O)Nc1ccc(C[C@@H]2CC[C@H](c3nnc(NC(=O)Cc4ccn(C)n4)s3)C2)nn1.CCC(=O)Nc1ccc(C[C@H]2CC[C@@H](c3nnc(NC(=O)Cc4ccn(C)n4)s3)C2)nn1.O=C(Cc1ccccc1)Nc1ccc(C[C@@H]2CC[C@H](c3nnc(NC(=O)Cc4ccccn4)s3)C2)nn1.O=C(Cc1ccccc1)Nc1ccc(C[C@H]2CC[C@@H](c3nnc(NC(=O)Cc4ccccn4)s3)C2)nn1. The number of nitrogens with one attached hydrogen (secondary N) is 8. The van der Waals surface area contributed by atoms with E-state index in [1.54, 1.807) is 47.7 Å². The number of benzene rings is 2. The lowest BCUT2D eigenvalue weighted by Crippen LogP contribution is -2.16. The Labute approximate surface area is 811 Å². The molecule has 0 bridgehead atoms. The van der Waals surface area contributed by atoms with Crippen molar-refractivity contribution >= 4 is 136 Å². The lowest BCUT2D eigenvalue weighted by molar-refractivity contribution is -0.116. The van der Waals surface area contributed by atoms with Crippen molar-refractivity contribution in [3.8, 4) is 0 Å². The van der Waals surface area contributed by atoms with E-state index in [4.69, 9.17) is 0 Å². The predicted octanol–water partition coefficient (Wildman–Crippen LogP) is 13.9. The van der Waals surface area contributed by atoms with Gasteiger partial charge in [-0.15, -0.1) is 61.2 Å². The molecular formula is C96H106N30O8S4. The Kier molecular flexibility index (Phi) is 35.0. The maximum atomic E-state index is 12.3. The second kappa shape index (κ2) is 49.3. The van der Waals surface area contributed by atoms with Gasteiger partial charge >= 0.3 is 0 Å². The zero-order valence-corrected chi connectivity index (χ0v) is 79.9. The van der Waals surface area contributed by atoms with E-state index in [2.05, 4.69) is 144 Å². The number of carbonyl (C=O) groups excluding carboxylic acids is 8.